The number of nitrogens with zero attached hydrogens (tertiary/aromatic N) is 4. The van der Waals surface area contributed by atoms with Gasteiger partial charge in [0.15, 0.2) is 11.5 Å². The molecule has 1 atom stereocenters. The largest absolute Gasteiger partial charge is 0.493 e. The van der Waals surface area contributed by atoms with E-state index in [0.717, 1.165) is 73.4 Å². The number of carbonyl (C=O) groups excluding carboxylic acids is 1. The lowest BCUT2D eigenvalue weighted by Crippen LogP contribution is -2.42. The molecule has 3 heterocycles. The number of fused-ring (bicyclic) bond motifs is 1. The molecule has 12 heteroatoms. The number of aromatic nitrogens is 2. The smallest absolute Gasteiger partial charge is 0.254 e. The molecule has 53 heavy (non-hydrogen) atoms. The molecule has 9 nitrogen and oxygen atoms in total. The summed E-state index contributed by atoms with van der Waals surface area (Å²) in [4.78, 5) is 23.4. The number of likely N-dealkylation sites (tertiary alicyclic amines) is 2. The lowest BCUT2D eigenvalue weighted by Gasteiger charge is -2.36. The number of nitrogens with one attached hydrogen (secondary N) is 1. The number of imidazole rings is 1. The van der Waals surface area contributed by atoms with E-state index in [1.54, 1.807) is 33.5 Å². The van der Waals surface area contributed by atoms with Gasteiger partial charge in [0.25, 0.3) is 5.91 Å². The van der Waals surface area contributed by atoms with Crippen molar-refractivity contribution in [1.29, 1.82) is 0 Å². The number of hydrogen-bond donors (Lipinski definition) is 1. The lowest BCUT2D eigenvalue weighted by atomic mass is 9.76. The number of hydrogen-bond acceptors (Lipinski definition) is 7. The second kappa shape index (κ2) is 15.8. The highest BCUT2D eigenvalue weighted by Gasteiger charge is 2.42. The lowest BCUT2D eigenvalue weighted by molar-refractivity contribution is 0.0779. The number of amides is 1. The van der Waals surface area contributed by atoms with Gasteiger partial charge in [0.1, 0.15) is 5.82 Å². The van der Waals surface area contributed by atoms with Crippen LogP contribution in [0.5, 0.6) is 17.2 Å². The van der Waals surface area contributed by atoms with Gasteiger partial charge in [-0.2, -0.15) is 0 Å². The van der Waals surface area contributed by atoms with Crippen molar-refractivity contribution in [3.05, 3.63) is 111 Å². The average molecular weight is 761 g/mol. The maximum absolute atomic E-state index is 14.0. The van der Waals surface area contributed by atoms with Gasteiger partial charge in [0.2, 0.25) is 11.7 Å². The predicted octanol–water partition coefficient (Wildman–Crippen LogP) is 8.31. The molecule has 1 aromatic heterocycles. The Bertz CT molecular complexity index is 2060. The summed E-state index contributed by atoms with van der Waals surface area (Å²) < 4.78 is 32.4. The zero-order valence-corrected chi connectivity index (χ0v) is 31.7. The average Bonchev–Trinajstić information content (AvgIpc) is 3.77. The number of carbonyl (C=O) groups is 1. The van der Waals surface area contributed by atoms with Crippen LogP contribution in [0.25, 0.3) is 11.0 Å². The van der Waals surface area contributed by atoms with Gasteiger partial charge in [-0.3, -0.25) is 4.79 Å². The standard InChI is InChI=1S/C41H44Cl2FN5O4/c1-51-36-22-28(23-37(52-2)38(36)53-3)39(50)48-21-17-41(26-48,29-10-13-32(42)33(43)24-29)16-20-47-18-14-31(15-19-47)45-40-46-34-6-4-5-7-35(34)49(40)25-27-8-11-30(44)12-9-27/h4-13,22-24,31H,14-21,25-26H2,1-3H3,(H,45,46). The molecule has 2 saturated heterocycles. The van der Waals surface area contributed by atoms with Crippen molar-refractivity contribution in [3.63, 3.8) is 0 Å². The molecule has 0 saturated carbocycles. The Morgan fingerprint density at radius 1 is 0.906 bits per heavy atom. The van der Waals surface area contributed by atoms with E-state index in [1.165, 1.54) is 12.1 Å². The first-order valence-corrected chi connectivity index (χ1v) is 18.7. The van der Waals surface area contributed by atoms with Crippen LogP contribution in [0.15, 0.2) is 78.9 Å². The van der Waals surface area contributed by atoms with Gasteiger partial charge < -0.3 is 33.9 Å². The Kier molecular flexibility index (Phi) is 11.0. The summed E-state index contributed by atoms with van der Waals surface area (Å²) in [5.41, 5.74) is 4.24. The van der Waals surface area contributed by atoms with Gasteiger partial charge in [-0.1, -0.05) is 53.5 Å². The minimum Gasteiger partial charge on any atom is -0.493 e. The number of rotatable bonds is 12. The quantitative estimate of drug-likeness (QED) is 0.137. The van der Waals surface area contributed by atoms with E-state index in [9.17, 15) is 9.18 Å². The molecule has 1 N–H and O–H groups in total. The third-order valence-electron chi connectivity index (χ3n) is 10.8. The van der Waals surface area contributed by atoms with Crippen molar-refractivity contribution >= 4 is 46.1 Å². The summed E-state index contributed by atoms with van der Waals surface area (Å²) >= 11 is 12.9. The fraction of sp³-hybridized carbons (Fsp3) is 0.366. The third kappa shape index (κ3) is 7.77. The molecule has 2 aliphatic heterocycles. The van der Waals surface area contributed by atoms with Crippen LogP contribution in [0.3, 0.4) is 0 Å². The Labute approximate surface area is 319 Å². The first-order chi connectivity index (χ1) is 25.7. The summed E-state index contributed by atoms with van der Waals surface area (Å²) in [6.07, 6.45) is 3.58. The molecule has 0 aliphatic carbocycles. The molecular formula is C41H44Cl2FN5O4. The van der Waals surface area contributed by atoms with E-state index in [4.69, 9.17) is 42.4 Å². The summed E-state index contributed by atoms with van der Waals surface area (Å²) in [7, 11) is 4.63. The van der Waals surface area contributed by atoms with E-state index in [2.05, 4.69) is 26.9 Å². The molecule has 278 valence electrons. The molecule has 2 fully saturated rings. The summed E-state index contributed by atoms with van der Waals surface area (Å²) in [5.74, 6) is 1.81. The molecule has 4 aromatic carbocycles. The highest BCUT2D eigenvalue weighted by Crippen LogP contribution is 2.43. The first-order valence-electron chi connectivity index (χ1n) is 17.9. The highest BCUT2D eigenvalue weighted by molar-refractivity contribution is 6.42. The van der Waals surface area contributed by atoms with E-state index < -0.39 is 0 Å². The molecule has 0 spiro atoms. The maximum atomic E-state index is 14.0. The van der Waals surface area contributed by atoms with Crippen molar-refractivity contribution < 1.29 is 23.4 Å². The number of benzene rings is 4. The first kappa shape index (κ1) is 36.8. The summed E-state index contributed by atoms with van der Waals surface area (Å²) in [6.45, 7) is 4.48. The zero-order valence-electron chi connectivity index (χ0n) is 30.2. The number of methoxy groups -OCH3 is 3. The van der Waals surface area contributed by atoms with Crippen LogP contribution in [-0.4, -0.2) is 85.4 Å². The van der Waals surface area contributed by atoms with Gasteiger partial charge in [-0.05, 0) is 91.9 Å². The number of piperidine rings is 1. The topological polar surface area (TPSA) is 81.1 Å². The molecule has 1 unspecified atom stereocenters. The molecule has 0 bridgehead atoms. The van der Waals surface area contributed by atoms with Crippen molar-refractivity contribution in [2.24, 2.45) is 0 Å². The van der Waals surface area contributed by atoms with Gasteiger partial charge in [0.05, 0.1) is 49.0 Å². The van der Waals surface area contributed by atoms with Crippen molar-refractivity contribution in [2.45, 2.75) is 43.7 Å². The molecular weight excluding hydrogens is 716 g/mol. The van der Waals surface area contributed by atoms with Crippen LogP contribution in [0, 0.1) is 5.82 Å². The molecule has 7 rings (SSSR count). The normalized spacial score (nSPS) is 18.0. The Balaban J connectivity index is 1.04. The maximum Gasteiger partial charge on any atom is 0.254 e. The van der Waals surface area contributed by atoms with Crippen LogP contribution in [-0.2, 0) is 12.0 Å². The van der Waals surface area contributed by atoms with Crippen molar-refractivity contribution in [2.75, 3.05) is 59.4 Å². The van der Waals surface area contributed by atoms with Gasteiger partial charge in [-0.25, -0.2) is 9.37 Å². The summed E-state index contributed by atoms with van der Waals surface area (Å²) in [5, 5.41) is 4.76. The fourth-order valence-electron chi connectivity index (χ4n) is 7.82. The molecule has 2 aliphatic rings. The fourth-order valence-corrected chi connectivity index (χ4v) is 8.11. The van der Waals surface area contributed by atoms with E-state index in [1.807, 2.05) is 47.4 Å². The number of anilines is 1. The number of ether oxygens (including phenoxy) is 3. The van der Waals surface area contributed by atoms with Gasteiger partial charge in [-0.15, -0.1) is 0 Å². The Morgan fingerprint density at radius 2 is 1.62 bits per heavy atom. The molecule has 5 aromatic rings. The van der Waals surface area contributed by atoms with Gasteiger partial charge in [0, 0.05) is 43.2 Å². The van der Waals surface area contributed by atoms with Crippen LogP contribution in [0.4, 0.5) is 10.3 Å². The van der Waals surface area contributed by atoms with Crippen LogP contribution < -0.4 is 19.5 Å². The van der Waals surface area contributed by atoms with Crippen LogP contribution in [0.2, 0.25) is 10.0 Å². The highest BCUT2D eigenvalue weighted by atomic mass is 35.5. The monoisotopic (exact) mass is 759 g/mol. The van der Waals surface area contributed by atoms with Crippen molar-refractivity contribution in [1.82, 2.24) is 19.4 Å². The van der Waals surface area contributed by atoms with Crippen LogP contribution >= 0.6 is 23.2 Å². The number of para-hydroxylation sites is 2. The molecule has 0 radical (unpaired) electrons. The minimum atomic E-state index is -0.301. The van der Waals surface area contributed by atoms with Crippen molar-refractivity contribution in [3.8, 4) is 17.2 Å². The Morgan fingerprint density at radius 3 is 2.30 bits per heavy atom. The summed E-state index contributed by atoms with van der Waals surface area (Å²) in [6, 6.07) is 24.3. The molecule has 1 amide bonds. The zero-order chi connectivity index (χ0) is 37.1. The van der Waals surface area contributed by atoms with E-state index >= 15 is 0 Å². The second-order valence-electron chi connectivity index (χ2n) is 13.9. The van der Waals surface area contributed by atoms with E-state index in [0.29, 0.717) is 52.5 Å². The Hall–Kier alpha value is -4.51. The predicted molar refractivity (Wildman–Crippen MR) is 208 cm³/mol. The SMILES string of the molecule is COc1cc(C(=O)N2CCC(CCN3CCC(Nc4nc5ccccc5n4Cc4ccc(F)cc4)CC3)(c3ccc(Cl)c(Cl)c3)C2)cc(OC)c1OC. The second-order valence-corrected chi connectivity index (χ2v) is 14.8. The van der Waals surface area contributed by atoms with Crippen LogP contribution in [0.1, 0.15) is 47.2 Å². The van der Waals surface area contributed by atoms with Gasteiger partial charge >= 0.3 is 0 Å². The third-order valence-corrected chi connectivity index (χ3v) is 11.6. The van der Waals surface area contributed by atoms with E-state index in [-0.39, 0.29) is 23.2 Å². The number of halogens is 3. The minimum absolute atomic E-state index is 0.0940.